The van der Waals surface area contributed by atoms with Crippen LogP contribution < -0.4 is 0 Å². The summed E-state index contributed by atoms with van der Waals surface area (Å²) < 4.78 is 31.8. The van der Waals surface area contributed by atoms with Gasteiger partial charge in [-0.1, -0.05) is 392 Å². The first-order chi connectivity index (χ1) is 64.4. The van der Waals surface area contributed by atoms with E-state index < -0.39 is 0 Å². The highest BCUT2D eigenvalue weighted by Gasteiger charge is 2.22. The second kappa shape index (κ2) is 34.9. The molecule has 0 aliphatic heterocycles. The number of aryl methyl sites for hydroxylation is 5. The van der Waals surface area contributed by atoms with Crippen LogP contribution in [0.25, 0.3) is 175 Å². The number of hydrogen-bond acceptors (Lipinski definition) is 5. The zero-order valence-electron chi connectivity index (χ0n) is 73.9. The van der Waals surface area contributed by atoms with Crippen molar-refractivity contribution >= 4 is 164 Å². The summed E-state index contributed by atoms with van der Waals surface area (Å²) >= 11 is 0. The van der Waals surface area contributed by atoms with Gasteiger partial charge in [0.05, 0.1) is 0 Å². The van der Waals surface area contributed by atoms with Gasteiger partial charge < -0.3 is 22.1 Å². The molecule has 5 nitrogen and oxygen atoms in total. The molecule has 0 saturated heterocycles. The molecule has 0 unspecified atom stereocenters. The van der Waals surface area contributed by atoms with Crippen LogP contribution in [0.15, 0.2) is 441 Å². The Hall–Kier alpha value is -16.1. The standard InChI is InChI=1S/C30H22O.4C24H18O/c1-20-9-7-10-21(17-20)18-24-14-8-16-26-28-25-15-6-5-13-23(25)19-27(30(28)31-29(24)26)22-11-3-2-4-12-22;1-16-6-4-7-17(12-16)13-20-10-5-11-21-22-14-18-8-2-3-9-19(18)15-23(22)25-24(20)21;1-16-7-6-8-17(13-16)14-21-19-10-3-2-9-18(19)15-22-20-11-4-5-12-23(20)25-24(21)22;1-16-10-12-17(13-11-16)14-21-19-7-3-2-6-18(19)15-22-20-8-4-5-9-23(20)25-24(21)22;1-16-9-11-17(12-10-16)13-20-7-4-8-21-22-14-18-5-2-3-6-19(18)15-23(22)25-24(20)21/h2-17,19H,18H2,1H3;2-12,14-15H,13H2,1H3;2*2-13,15H,14H2,1H3;2-12,14-15H,13H2,1H3. The third kappa shape index (κ3) is 16.2. The monoisotopic (exact) mass is 1690 g/mol. The lowest BCUT2D eigenvalue weighted by Gasteiger charge is -2.09. The van der Waals surface area contributed by atoms with E-state index in [1.807, 2.05) is 12.1 Å². The zero-order chi connectivity index (χ0) is 88.0. The Morgan fingerprint density at radius 1 is 0.168 bits per heavy atom. The quantitative estimate of drug-likeness (QED) is 0.129. The average Bonchev–Trinajstić information content (AvgIpc) is 1.61. The van der Waals surface area contributed by atoms with E-state index in [1.54, 1.807) is 0 Å². The summed E-state index contributed by atoms with van der Waals surface area (Å²) in [6, 6.07) is 149. The average molecular weight is 1690 g/mol. The van der Waals surface area contributed by atoms with E-state index in [4.69, 9.17) is 22.1 Å². The SMILES string of the molecule is Cc1ccc(Cc2c3ccccc3cc3c2oc2ccccc23)cc1.Cc1ccc(Cc2cccc3c2oc2cc4ccccc4cc23)cc1.Cc1cccc(Cc2c3ccccc3cc3c2oc2ccccc23)c1.Cc1cccc(Cc2cccc3c2oc2c(-c4ccccc4)cc4ccccc4c23)c1.Cc1cccc(Cc2cccc3c2oc2cc4ccccc4cc23)c1. The van der Waals surface area contributed by atoms with Crippen LogP contribution in [0.5, 0.6) is 0 Å². The number of benzene rings is 21. The predicted octanol–water partition coefficient (Wildman–Crippen LogP) is 34.9. The Labute approximate surface area is 760 Å². The van der Waals surface area contributed by atoms with Gasteiger partial charge >= 0.3 is 0 Å². The van der Waals surface area contributed by atoms with Crippen molar-refractivity contribution < 1.29 is 22.1 Å². The van der Waals surface area contributed by atoms with Crippen LogP contribution in [0, 0.1) is 34.6 Å². The Balaban J connectivity index is 0.0000000961. The zero-order valence-corrected chi connectivity index (χ0v) is 73.9. The van der Waals surface area contributed by atoms with Gasteiger partial charge in [-0.15, -0.1) is 0 Å². The fraction of sp³-hybridized carbons (Fsp3) is 0.0794. The number of hydrogen-bond donors (Lipinski definition) is 0. The first-order valence-electron chi connectivity index (χ1n) is 45.4. The molecule has 0 amide bonds. The molecule has 0 aliphatic rings. The van der Waals surface area contributed by atoms with E-state index in [9.17, 15) is 0 Å². The summed E-state index contributed by atoms with van der Waals surface area (Å²) in [5.41, 5.74) is 31.4. The summed E-state index contributed by atoms with van der Waals surface area (Å²) in [6.07, 6.45) is 4.38. The predicted molar refractivity (Wildman–Crippen MR) is 551 cm³/mol. The van der Waals surface area contributed by atoms with Gasteiger partial charge in [0.1, 0.15) is 55.8 Å². The van der Waals surface area contributed by atoms with E-state index >= 15 is 0 Å². The third-order valence-electron chi connectivity index (χ3n) is 26.0. The van der Waals surface area contributed by atoms with Gasteiger partial charge in [-0.2, -0.15) is 0 Å². The fourth-order valence-corrected chi connectivity index (χ4v) is 19.6. The molecular weight excluding hydrogens is 1590 g/mol. The second-order valence-electron chi connectivity index (χ2n) is 35.2. The summed E-state index contributed by atoms with van der Waals surface area (Å²) in [6.45, 7) is 10.7. The highest BCUT2D eigenvalue weighted by Crippen LogP contribution is 2.45. The van der Waals surface area contributed by atoms with E-state index in [0.717, 1.165) is 93.5 Å². The number of rotatable bonds is 11. The van der Waals surface area contributed by atoms with Crippen molar-refractivity contribution in [3.05, 3.63) is 502 Å². The summed E-state index contributed by atoms with van der Waals surface area (Å²) in [4.78, 5) is 0. The van der Waals surface area contributed by atoms with Gasteiger partial charge in [0, 0.05) is 103 Å². The van der Waals surface area contributed by atoms with Crippen LogP contribution >= 0.6 is 0 Å². The first-order valence-corrected chi connectivity index (χ1v) is 45.4. The fourth-order valence-electron chi connectivity index (χ4n) is 19.6. The lowest BCUT2D eigenvalue weighted by Crippen LogP contribution is -1.92. The Morgan fingerprint density at radius 3 is 0.954 bits per heavy atom. The third-order valence-corrected chi connectivity index (χ3v) is 26.0. The number of fused-ring (bicyclic) bond motifs is 21. The summed E-state index contributed by atoms with van der Waals surface area (Å²) in [5.74, 6) is 0. The number of furan rings is 5. The largest absolute Gasteiger partial charge is 0.456 e. The normalized spacial score (nSPS) is 11.5. The minimum absolute atomic E-state index is 0.859. The summed E-state index contributed by atoms with van der Waals surface area (Å²) in [5, 5.41) is 24.5. The maximum Gasteiger partial charge on any atom is 0.143 e. The minimum Gasteiger partial charge on any atom is -0.456 e. The molecule has 0 atom stereocenters. The van der Waals surface area contributed by atoms with Crippen molar-refractivity contribution in [3.8, 4) is 11.1 Å². The minimum atomic E-state index is 0.859. The van der Waals surface area contributed by atoms with Crippen molar-refractivity contribution in [1.82, 2.24) is 0 Å². The molecule has 628 valence electrons. The maximum absolute atomic E-state index is 6.68. The molecule has 0 fully saturated rings. The Bertz CT molecular complexity index is 8810. The molecule has 5 aromatic heterocycles. The van der Waals surface area contributed by atoms with Crippen molar-refractivity contribution in [2.24, 2.45) is 0 Å². The van der Waals surface area contributed by atoms with Gasteiger partial charge in [0.25, 0.3) is 0 Å². The Morgan fingerprint density at radius 2 is 0.496 bits per heavy atom. The van der Waals surface area contributed by atoms with E-state index in [-0.39, 0.29) is 0 Å². The topological polar surface area (TPSA) is 65.7 Å². The molecule has 131 heavy (non-hydrogen) atoms. The molecule has 0 saturated carbocycles. The van der Waals surface area contributed by atoms with Crippen molar-refractivity contribution in [3.63, 3.8) is 0 Å². The molecular formula is C126H94O5. The molecule has 0 radical (unpaired) electrons. The molecule has 5 heterocycles. The molecule has 0 spiro atoms. The van der Waals surface area contributed by atoms with Gasteiger partial charge in [-0.3, -0.25) is 0 Å². The van der Waals surface area contributed by atoms with Crippen LogP contribution in [0.3, 0.4) is 0 Å². The molecule has 0 bridgehead atoms. The van der Waals surface area contributed by atoms with Gasteiger partial charge in [-0.25, -0.2) is 0 Å². The van der Waals surface area contributed by atoms with E-state index in [1.165, 1.54) is 197 Å². The highest BCUT2D eigenvalue weighted by molar-refractivity contribution is 6.23. The van der Waals surface area contributed by atoms with Crippen LogP contribution in [-0.2, 0) is 32.1 Å². The Kier molecular flexibility index (Phi) is 21.5. The first kappa shape index (κ1) is 80.7. The van der Waals surface area contributed by atoms with E-state index in [2.05, 4.69) is 441 Å². The molecule has 26 rings (SSSR count). The second-order valence-corrected chi connectivity index (χ2v) is 35.2. The van der Waals surface area contributed by atoms with Crippen LogP contribution in [0.2, 0.25) is 0 Å². The molecule has 26 aromatic rings. The molecule has 5 heteroatoms. The lowest BCUT2D eigenvalue weighted by atomic mass is 9.95. The molecule has 0 N–H and O–H groups in total. The van der Waals surface area contributed by atoms with Crippen LogP contribution in [0.4, 0.5) is 0 Å². The van der Waals surface area contributed by atoms with Crippen LogP contribution in [-0.4, -0.2) is 0 Å². The van der Waals surface area contributed by atoms with Crippen molar-refractivity contribution in [1.29, 1.82) is 0 Å². The maximum atomic E-state index is 6.68. The molecule has 21 aromatic carbocycles. The van der Waals surface area contributed by atoms with Crippen molar-refractivity contribution in [2.75, 3.05) is 0 Å². The van der Waals surface area contributed by atoms with Gasteiger partial charge in [0.15, 0.2) is 0 Å². The lowest BCUT2D eigenvalue weighted by molar-refractivity contribution is 0.664. The molecule has 0 aliphatic carbocycles. The van der Waals surface area contributed by atoms with Crippen LogP contribution in [0.1, 0.15) is 83.5 Å². The van der Waals surface area contributed by atoms with Gasteiger partial charge in [0.2, 0.25) is 0 Å². The summed E-state index contributed by atoms with van der Waals surface area (Å²) in [7, 11) is 0. The van der Waals surface area contributed by atoms with Crippen molar-refractivity contribution in [2.45, 2.75) is 66.7 Å². The van der Waals surface area contributed by atoms with E-state index in [0.29, 0.717) is 0 Å². The number of para-hydroxylation sites is 5. The highest BCUT2D eigenvalue weighted by atomic mass is 16.3. The smallest absolute Gasteiger partial charge is 0.143 e. The van der Waals surface area contributed by atoms with Gasteiger partial charge in [-0.05, 0) is 193 Å².